The van der Waals surface area contributed by atoms with E-state index < -0.39 is 16.0 Å². The molecule has 18 heavy (non-hydrogen) atoms. The van der Waals surface area contributed by atoms with Crippen molar-refractivity contribution in [3.8, 4) is 0 Å². The van der Waals surface area contributed by atoms with Gasteiger partial charge in [0.2, 0.25) is 10.0 Å². The standard InChI is InChI=1S/C12H17NO4S/c1-3-4-9-13-18(15,16)11-7-5-10(6-8-11)12(14)17-2/h5-8,13H,3-4,9H2,1-2H3. The van der Waals surface area contributed by atoms with Crippen LogP contribution in [0.2, 0.25) is 0 Å². The van der Waals surface area contributed by atoms with Crippen molar-refractivity contribution in [1.82, 2.24) is 4.72 Å². The number of carbonyl (C=O) groups excluding carboxylic acids is 1. The summed E-state index contributed by atoms with van der Waals surface area (Å²) in [4.78, 5) is 11.3. The fourth-order valence-corrected chi connectivity index (χ4v) is 2.43. The molecule has 1 aromatic rings. The minimum Gasteiger partial charge on any atom is -0.465 e. The Morgan fingerprint density at radius 2 is 1.89 bits per heavy atom. The Bertz CT molecular complexity index is 493. The number of methoxy groups -OCH3 is 1. The van der Waals surface area contributed by atoms with Crippen LogP contribution in [-0.2, 0) is 14.8 Å². The zero-order chi connectivity index (χ0) is 13.6. The summed E-state index contributed by atoms with van der Waals surface area (Å²) in [6, 6.07) is 5.64. The van der Waals surface area contributed by atoms with Crippen molar-refractivity contribution in [1.29, 1.82) is 0 Å². The molecule has 0 saturated heterocycles. The molecule has 0 aliphatic rings. The molecule has 0 heterocycles. The van der Waals surface area contributed by atoms with Gasteiger partial charge < -0.3 is 4.74 Å². The number of hydrogen-bond donors (Lipinski definition) is 1. The Kier molecular flexibility index (Phi) is 5.30. The van der Waals surface area contributed by atoms with E-state index in [4.69, 9.17) is 0 Å². The predicted octanol–water partition coefficient (Wildman–Crippen LogP) is 1.55. The monoisotopic (exact) mass is 271 g/mol. The molecule has 0 radical (unpaired) electrons. The molecule has 0 aliphatic carbocycles. The van der Waals surface area contributed by atoms with Gasteiger partial charge in [-0.2, -0.15) is 0 Å². The number of unbranched alkanes of at least 4 members (excludes halogenated alkanes) is 1. The fraction of sp³-hybridized carbons (Fsp3) is 0.417. The molecule has 0 atom stereocenters. The first-order valence-electron chi connectivity index (χ1n) is 5.69. The number of rotatable bonds is 6. The fourth-order valence-electron chi connectivity index (χ4n) is 1.35. The molecule has 0 spiro atoms. The molecule has 0 aromatic heterocycles. The summed E-state index contributed by atoms with van der Waals surface area (Å²) in [6.45, 7) is 2.40. The van der Waals surface area contributed by atoms with Gasteiger partial charge in [0.15, 0.2) is 0 Å². The first-order valence-corrected chi connectivity index (χ1v) is 7.17. The van der Waals surface area contributed by atoms with E-state index in [1.165, 1.54) is 31.4 Å². The lowest BCUT2D eigenvalue weighted by Gasteiger charge is -2.06. The number of benzene rings is 1. The molecule has 0 bridgehead atoms. The second-order valence-electron chi connectivity index (χ2n) is 3.77. The van der Waals surface area contributed by atoms with E-state index in [1.807, 2.05) is 6.92 Å². The zero-order valence-corrected chi connectivity index (χ0v) is 11.3. The van der Waals surface area contributed by atoms with E-state index in [9.17, 15) is 13.2 Å². The molecule has 0 amide bonds. The van der Waals surface area contributed by atoms with Crippen LogP contribution in [0.25, 0.3) is 0 Å². The quantitative estimate of drug-likeness (QED) is 0.629. The lowest BCUT2D eigenvalue weighted by Crippen LogP contribution is -2.24. The first-order chi connectivity index (χ1) is 8.51. The maximum atomic E-state index is 11.8. The molecule has 1 N–H and O–H groups in total. The van der Waals surface area contributed by atoms with Crippen molar-refractivity contribution < 1.29 is 17.9 Å². The summed E-state index contributed by atoms with van der Waals surface area (Å²) >= 11 is 0. The highest BCUT2D eigenvalue weighted by atomic mass is 32.2. The summed E-state index contributed by atoms with van der Waals surface area (Å²) < 4.78 is 30.7. The van der Waals surface area contributed by atoms with Crippen molar-refractivity contribution in [3.63, 3.8) is 0 Å². The second-order valence-corrected chi connectivity index (χ2v) is 5.53. The highest BCUT2D eigenvalue weighted by Gasteiger charge is 2.14. The van der Waals surface area contributed by atoms with Crippen molar-refractivity contribution in [2.24, 2.45) is 0 Å². The molecule has 100 valence electrons. The van der Waals surface area contributed by atoms with E-state index in [1.54, 1.807) is 0 Å². The lowest BCUT2D eigenvalue weighted by molar-refractivity contribution is 0.0600. The Balaban J connectivity index is 2.81. The lowest BCUT2D eigenvalue weighted by atomic mass is 10.2. The van der Waals surface area contributed by atoms with Crippen LogP contribution in [0.1, 0.15) is 30.1 Å². The molecule has 0 fully saturated rings. The third kappa shape index (κ3) is 3.82. The molecule has 0 aliphatic heterocycles. The second kappa shape index (κ2) is 6.51. The van der Waals surface area contributed by atoms with Crippen molar-refractivity contribution in [3.05, 3.63) is 29.8 Å². The number of ether oxygens (including phenoxy) is 1. The molecular weight excluding hydrogens is 254 g/mol. The molecule has 6 heteroatoms. The van der Waals surface area contributed by atoms with Gasteiger partial charge in [-0.3, -0.25) is 0 Å². The summed E-state index contributed by atoms with van der Waals surface area (Å²) in [6.07, 6.45) is 1.71. The van der Waals surface area contributed by atoms with E-state index in [0.29, 0.717) is 12.1 Å². The Hall–Kier alpha value is -1.40. The minimum atomic E-state index is -3.48. The summed E-state index contributed by atoms with van der Waals surface area (Å²) in [7, 11) is -2.21. The normalized spacial score (nSPS) is 11.2. The number of nitrogens with one attached hydrogen (secondary N) is 1. The van der Waals surface area contributed by atoms with Crippen LogP contribution in [-0.4, -0.2) is 28.0 Å². The molecule has 1 rings (SSSR count). The Labute approximate surface area is 107 Å². The third-order valence-corrected chi connectivity index (χ3v) is 3.89. The zero-order valence-electron chi connectivity index (χ0n) is 10.5. The van der Waals surface area contributed by atoms with Gasteiger partial charge in [-0.05, 0) is 30.7 Å². The van der Waals surface area contributed by atoms with Gasteiger partial charge in [0.1, 0.15) is 0 Å². The Morgan fingerprint density at radius 3 is 2.39 bits per heavy atom. The number of carbonyl (C=O) groups is 1. The van der Waals surface area contributed by atoms with Crippen LogP contribution in [0.5, 0.6) is 0 Å². The summed E-state index contributed by atoms with van der Waals surface area (Å²) in [5.41, 5.74) is 0.324. The van der Waals surface area contributed by atoms with Crippen LogP contribution < -0.4 is 4.72 Å². The number of hydrogen-bond acceptors (Lipinski definition) is 4. The van der Waals surface area contributed by atoms with Crippen LogP contribution in [0, 0.1) is 0 Å². The average molecular weight is 271 g/mol. The van der Waals surface area contributed by atoms with Gasteiger partial charge in [0.05, 0.1) is 17.6 Å². The van der Waals surface area contributed by atoms with Crippen LogP contribution in [0.4, 0.5) is 0 Å². The maximum absolute atomic E-state index is 11.8. The Morgan fingerprint density at radius 1 is 1.28 bits per heavy atom. The molecule has 0 saturated carbocycles. The topological polar surface area (TPSA) is 72.5 Å². The van der Waals surface area contributed by atoms with Crippen LogP contribution in [0.3, 0.4) is 0 Å². The summed E-state index contributed by atoms with van der Waals surface area (Å²) in [5, 5.41) is 0. The molecule has 5 nitrogen and oxygen atoms in total. The van der Waals surface area contributed by atoms with Gasteiger partial charge in [0.25, 0.3) is 0 Å². The van der Waals surface area contributed by atoms with Gasteiger partial charge >= 0.3 is 5.97 Å². The maximum Gasteiger partial charge on any atom is 0.337 e. The molecular formula is C12H17NO4S. The third-order valence-electron chi connectivity index (χ3n) is 2.41. The first kappa shape index (κ1) is 14.7. The largest absolute Gasteiger partial charge is 0.465 e. The van der Waals surface area contributed by atoms with E-state index >= 15 is 0 Å². The van der Waals surface area contributed by atoms with Gasteiger partial charge in [-0.15, -0.1) is 0 Å². The van der Waals surface area contributed by atoms with Gasteiger partial charge in [0, 0.05) is 6.54 Å². The number of esters is 1. The van der Waals surface area contributed by atoms with E-state index in [0.717, 1.165) is 12.8 Å². The highest BCUT2D eigenvalue weighted by Crippen LogP contribution is 2.11. The molecule has 0 unspecified atom stereocenters. The van der Waals surface area contributed by atoms with Crippen molar-refractivity contribution in [2.45, 2.75) is 24.7 Å². The van der Waals surface area contributed by atoms with E-state index in [-0.39, 0.29) is 4.90 Å². The minimum absolute atomic E-state index is 0.145. The van der Waals surface area contributed by atoms with Gasteiger partial charge in [-0.25, -0.2) is 17.9 Å². The SMILES string of the molecule is CCCCNS(=O)(=O)c1ccc(C(=O)OC)cc1. The van der Waals surface area contributed by atoms with Crippen molar-refractivity contribution >= 4 is 16.0 Å². The number of sulfonamides is 1. The highest BCUT2D eigenvalue weighted by molar-refractivity contribution is 7.89. The average Bonchev–Trinajstić information content (AvgIpc) is 2.38. The van der Waals surface area contributed by atoms with Gasteiger partial charge in [-0.1, -0.05) is 13.3 Å². The van der Waals surface area contributed by atoms with Crippen molar-refractivity contribution in [2.75, 3.05) is 13.7 Å². The predicted molar refractivity (Wildman–Crippen MR) is 67.9 cm³/mol. The van der Waals surface area contributed by atoms with Crippen LogP contribution >= 0.6 is 0 Å². The smallest absolute Gasteiger partial charge is 0.337 e. The summed E-state index contributed by atoms with van der Waals surface area (Å²) in [5.74, 6) is -0.488. The van der Waals surface area contributed by atoms with Crippen LogP contribution in [0.15, 0.2) is 29.2 Å². The van der Waals surface area contributed by atoms with E-state index in [2.05, 4.69) is 9.46 Å². The molecule has 1 aromatic carbocycles.